The fourth-order valence-corrected chi connectivity index (χ4v) is 3.98. The van der Waals surface area contributed by atoms with E-state index in [-0.39, 0.29) is 11.9 Å². The topological polar surface area (TPSA) is 97.6 Å². The summed E-state index contributed by atoms with van der Waals surface area (Å²) in [5.74, 6) is 1.22. The van der Waals surface area contributed by atoms with Gasteiger partial charge in [-0.1, -0.05) is 0 Å². The summed E-state index contributed by atoms with van der Waals surface area (Å²) in [5, 5.41) is 11.0. The summed E-state index contributed by atoms with van der Waals surface area (Å²) in [6, 6.07) is 11.8. The third-order valence-corrected chi connectivity index (χ3v) is 5.90. The van der Waals surface area contributed by atoms with E-state index in [9.17, 15) is 4.79 Å². The summed E-state index contributed by atoms with van der Waals surface area (Å²) in [7, 11) is 0. The molecule has 0 fully saturated rings. The number of benzene rings is 1. The van der Waals surface area contributed by atoms with E-state index in [0.717, 1.165) is 44.9 Å². The molecule has 0 spiro atoms. The van der Waals surface area contributed by atoms with Gasteiger partial charge in [-0.15, -0.1) is 5.10 Å². The largest absolute Gasteiger partial charge is 0.345 e. The Bertz CT molecular complexity index is 1340. The fourth-order valence-electron chi connectivity index (χ4n) is 3.98. The molecule has 1 aliphatic heterocycles. The minimum atomic E-state index is -0.0245. The number of rotatable bonds is 5. The Kier molecular flexibility index (Phi) is 5.12. The van der Waals surface area contributed by atoms with Crippen molar-refractivity contribution in [1.29, 1.82) is 0 Å². The molecule has 0 radical (unpaired) electrons. The van der Waals surface area contributed by atoms with Gasteiger partial charge < -0.3 is 10.6 Å². The van der Waals surface area contributed by atoms with Crippen LogP contribution in [0.2, 0.25) is 0 Å². The van der Waals surface area contributed by atoms with Crippen molar-refractivity contribution in [3.8, 4) is 22.6 Å². The number of anilines is 2. The first kappa shape index (κ1) is 20.8. The average molecular weight is 440 g/mol. The Labute approximate surface area is 192 Å². The van der Waals surface area contributed by atoms with E-state index in [1.54, 1.807) is 6.20 Å². The van der Waals surface area contributed by atoms with Gasteiger partial charge >= 0.3 is 0 Å². The smallest absolute Gasteiger partial charge is 0.252 e. The first-order chi connectivity index (χ1) is 15.9. The zero-order valence-corrected chi connectivity index (χ0v) is 19.0. The number of carbonyl (C=O) groups is 1. The zero-order valence-electron chi connectivity index (χ0n) is 19.0. The summed E-state index contributed by atoms with van der Waals surface area (Å²) in [5.41, 5.74) is 7.23. The molecule has 3 aromatic heterocycles. The third kappa shape index (κ3) is 3.84. The van der Waals surface area contributed by atoms with Crippen LogP contribution < -0.4 is 10.6 Å². The molecule has 0 bridgehead atoms. The molecule has 4 aromatic rings. The molecule has 1 unspecified atom stereocenters. The normalized spacial score (nSPS) is 14.8. The summed E-state index contributed by atoms with van der Waals surface area (Å²) in [4.78, 5) is 25.8. The molecule has 0 saturated carbocycles. The summed E-state index contributed by atoms with van der Waals surface area (Å²) < 4.78 is 1.83. The van der Waals surface area contributed by atoms with E-state index in [0.29, 0.717) is 18.3 Å². The number of nitrogens with one attached hydrogen (secondary N) is 2. The van der Waals surface area contributed by atoms with Crippen LogP contribution in [0.15, 0.2) is 48.8 Å². The lowest BCUT2D eigenvalue weighted by molar-refractivity contribution is 0.0958. The van der Waals surface area contributed by atoms with Gasteiger partial charge in [0.1, 0.15) is 0 Å². The minimum Gasteiger partial charge on any atom is -0.345 e. The number of hydrogen-bond donors (Lipinski definition) is 2. The van der Waals surface area contributed by atoms with Gasteiger partial charge in [0.15, 0.2) is 5.82 Å². The van der Waals surface area contributed by atoms with Crippen molar-refractivity contribution >= 4 is 17.5 Å². The average Bonchev–Trinajstić information content (AvgIpc) is 3.35. The van der Waals surface area contributed by atoms with Gasteiger partial charge in [-0.2, -0.15) is 4.98 Å². The van der Waals surface area contributed by atoms with Gasteiger partial charge in [-0.25, -0.2) is 4.68 Å². The molecule has 166 valence electrons. The first-order valence-corrected chi connectivity index (χ1v) is 11.0. The monoisotopic (exact) mass is 439 g/mol. The quantitative estimate of drug-likeness (QED) is 0.472. The van der Waals surface area contributed by atoms with Crippen molar-refractivity contribution in [2.45, 2.75) is 40.3 Å². The summed E-state index contributed by atoms with van der Waals surface area (Å²) in [6.45, 7) is 8.61. The molecular weight excluding hydrogens is 414 g/mol. The van der Waals surface area contributed by atoms with E-state index in [4.69, 9.17) is 4.98 Å². The number of fused-ring (bicyclic) bond motifs is 1. The molecule has 1 atom stereocenters. The Morgan fingerprint density at radius 3 is 2.55 bits per heavy atom. The van der Waals surface area contributed by atoms with Gasteiger partial charge in [0.2, 0.25) is 5.95 Å². The van der Waals surface area contributed by atoms with Gasteiger partial charge in [0.05, 0.1) is 11.7 Å². The summed E-state index contributed by atoms with van der Waals surface area (Å²) >= 11 is 0. The van der Waals surface area contributed by atoms with Crippen LogP contribution >= 0.6 is 0 Å². The maximum Gasteiger partial charge on any atom is 0.252 e. The SMILES string of the molecule is CCn1nc(-c2ccc(-c3ccc(C)nc3)nc2)nc1Nc1cc2c(cc1C)C(=O)NC2C. The third-order valence-electron chi connectivity index (χ3n) is 5.90. The number of aryl methyl sites for hydroxylation is 3. The van der Waals surface area contributed by atoms with Crippen molar-refractivity contribution in [2.75, 3.05) is 5.32 Å². The zero-order chi connectivity index (χ0) is 23.1. The molecule has 0 aliphatic carbocycles. The molecule has 2 N–H and O–H groups in total. The second kappa shape index (κ2) is 8.12. The van der Waals surface area contributed by atoms with E-state index in [2.05, 4.69) is 25.7 Å². The lowest BCUT2D eigenvalue weighted by Gasteiger charge is -2.12. The van der Waals surface area contributed by atoms with E-state index >= 15 is 0 Å². The van der Waals surface area contributed by atoms with Crippen LogP contribution in [-0.4, -0.2) is 30.6 Å². The fraction of sp³-hybridized carbons (Fsp3) is 0.240. The molecule has 1 aromatic carbocycles. The molecular formula is C25H25N7O. The number of carbonyl (C=O) groups excluding carboxylic acids is 1. The van der Waals surface area contributed by atoms with Crippen molar-refractivity contribution < 1.29 is 4.79 Å². The Morgan fingerprint density at radius 1 is 1.06 bits per heavy atom. The number of pyridine rings is 2. The maximum atomic E-state index is 12.1. The van der Waals surface area contributed by atoms with Crippen LogP contribution in [0.5, 0.6) is 0 Å². The molecule has 5 rings (SSSR count). The summed E-state index contributed by atoms with van der Waals surface area (Å²) in [6.07, 6.45) is 3.61. The van der Waals surface area contributed by atoms with Crippen LogP contribution in [0.3, 0.4) is 0 Å². The van der Waals surface area contributed by atoms with E-state index < -0.39 is 0 Å². The van der Waals surface area contributed by atoms with Crippen molar-refractivity contribution in [3.05, 3.63) is 71.2 Å². The number of hydrogen-bond acceptors (Lipinski definition) is 6. The van der Waals surface area contributed by atoms with Crippen LogP contribution in [0.4, 0.5) is 11.6 Å². The predicted molar refractivity (Wildman–Crippen MR) is 127 cm³/mol. The van der Waals surface area contributed by atoms with Gasteiger partial charge in [-0.05, 0) is 75.2 Å². The highest BCUT2D eigenvalue weighted by atomic mass is 16.2. The molecule has 33 heavy (non-hydrogen) atoms. The van der Waals surface area contributed by atoms with Crippen molar-refractivity contribution in [2.24, 2.45) is 0 Å². The maximum absolute atomic E-state index is 12.1. The van der Waals surface area contributed by atoms with Crippen molar-refractivity contribution in [1.82, 2.24) is 30.0 Å². The molecule has 8 heteroatoms. The van der Waals surface area contributed by atoms with Gasteiger partial charge in [-0.3, -0.25) is 14.8 Å². The van der Waals surface area contributed by atoms with E-state index in [1.807, 2.05) is 75.0 Å². The van der Waals surface area contributed by atoms with E-state index in [1.165, 1.54) is 0 Å². The highest BCUT2D eigenvalue weighted by Crippen LogP contribution is 2.32. The van der Waals surface area contributed by atoms with Crippen molar-refractivity contribution in [3.63, 3.8) is 0 Å². The Morgan fingerprint density at radius 2 is 1.85 bits per heavy atom. The van der Waals surface area contributed by atoms with Gasteiger partial charge in [0.25, 0.3) is 5.91 Å². The van der Waals surface area contributed by atoms with Crippen LogP contribution in [-0.2, 0) is 6.54 Å². The number of amides is 1. The lowest BCUT2D eigenvalue weighted by Crippen LogP contribution is -2.16. The van der Waals surface area contributed by atoms with Crippen LogP contribution in [0.1, 0.15) is 47.1 Å². The molecule has 4 heterocycles. The van der Waals surface area contributed by atoms with Gasteiger partial charge in [0, 0.05) is 47.0 Å². The Hall–Kier alpha value is -4.07. The highest BCUT2D eigenvalue weighted by Gasteiger charge is 2.26. The van der Waals surface area contributed by atoms with Crippen LogP contribution in [0.25, 0.3) is 22.6 Å². The second-order valence-electron chi connectivity index (χ2n) is 8.27. The van der Waals surface area contributed by atoms with Crippen LogP contribution in [0, 0.1) is 13.8 Å². The molecule has 1 aliphatic rings. The second-order valence-corrected chi connectivity index (χ2v) is 8.27. The number of aromatic nitrogens is 5. The predicted octanol–water partition coefficient (Wildman–Crippen LogP) is 4.59. The Balaban J connectivity index is 1.43. The number of nitrogens with zero attached hydrogens (tertiary/aromatic N) is 5. The lowest BCUT2D eigenvalue weighted by atomic mass is 10.0. The molecule has 1 amide bonds. The minimum absolute atomic E-state index is 0.0124. The first-order valence-electron chi connectivity index (χ1n) is 11.0. The molecule has 0 saturated heterocycles. The highest BCUT2D eigenvalue weighted by molar-refractivity contribution is 6.00. The molecule has 8 nitrogen and oxygen atoms in total. The standard InChI is InChI=1S/C25H25N7O/c1-5-32-25(29-22-11-19-16(4)28-24(33)20(19)10-14(22)2)30-23(31-32)18-8-9-21(27-13-18)17-7-6-15(3)26-12-17/h6-13,16H,5H2,1-4H3,(H,28,33)(H,29,30,31).